The molecule has 1 unspecified atom stereocenters. The molecule has 50 valence electrons. The van der Waals surface area contributed by atoms with Gasteiger partial charge in [0.2, 0.25) is 0 Å². The molecule has 0 aliphatic carbocycles. The average Bonchev–Trinajstić information content (AvgIpc) is 1.83. The predicted molar refractivity (Wildman–Crippen MR) is 38.9 cm³/mol. The molecule has 0 fully saturated rings. The van der Waals surface area contributed by atoms with Gasteiger partial charge in [-0.05, 0) is 0 Å². The number of aliphatic hydroxyl groups excluding tert-OH is 1. The number of aliphatic hydroxyl groups is 1. The topological polar surface area (TPSA) is 20.2 Å². The van der Waals surface area contributed by atoms with Crippen LogP contribution in [0.5, 0.6) is 0 Å². The fourth-order valence-corrected chi connectivity index (χ4v) is 4.95. The fraction of sp³-hybridized carbons (Fsp3) is 1.00. The van der Waals surface area contributed by atoms with Gasteiger partial charge in [-0.25, -0.2) is 0 Å². The Hall–Kier alpha value is 0.999. The summed E-state index contributed by atoms with van der Waals surface area (Å²) in [5.41, 5.74) is 0. The maximum absolute atomic E-state index is 8.68. The average molecular weight is 246 g/mol. The molecule has 0 spiro atoms. The predicted octanol–water partition coefficient (Wildman–Crippen LogP) is 0.690. The molecule has 0 amide bonds. The summed E-state index contributed by atoms with van der Waals surface area (Å²) in [6.45, 7) is 0.409. The summed E-state index contributed by atoms with van der Waals surface area (Å²) >= 11 is 1.41. The molecular formula is C5H12OSe2. The van der Waals surface area contributed by atoms with Gasteiger partial charge in [0.1, 0.15) is 0 Å². The van der Waals surface area contributed by atoms with Crippen molar-refractivity contribution in [1.82, 2.24) is 0 Å². The monoisotopic (exact) mass is 248 g/mol. The summed E-state index contributed by atoms with van der Waals surface area (Å²) in [7, 11) is 0. The molecule has 0 bridgehead atoms. The van der Waals surface area contributed by atoms with Crippen LogP contribution in [0.25, 0.3) is 0 Å². The molecule has 0 aromatic rings. The van der Waals surface area contributed by atoms with Gasteiger partial charge in [0, 0.05) is 0 Å². The number of rotatable bonds is 4. The number of hydrogen-bond acceptors (Lipinski definition) is 1. The molecule has 0 aliphatic heterocycles. The van der Waals surface area contributed by atoms with Crippen molar-refractivity contribution in [2.24, 2.45) is 0 Å². The van der Waals surface area contributed by atoms with E-state index in [1.165, 1.54) is 5.32 Å². The van der Waals surface area contributed by atoms with Crippen molar-refractivity contribution >= 4 is 29.9 Å². The van der Waals surface area contributed by atoms with Crippen molar-refractivity contribution < 1.29 is 5.11 Å². The molecule has 0 rings (SSSR count). The van der Waals surface area contributed by atoms with Crippen LogP contribution in [0.15, 0.2) is 0 Å². The zero-order valence-corrected chi connectivity index (χ0v) is 8.68. The van der Waals surface area contributed by atoms with E-state index in [9.17, 15) is 0 Å². The summed E-state index contributed by atoms with van der Waals surface area (Å²) < 4.78 is 0. The van der Waals surface area contributed by atoms with Gasteiger partial charge in [0.05, 0.1) is 0 Å². The summed E-state index contributed by atoms with van der Waals surface area (Å²) in [6, 6.07) is 0. The maximum atomic E-state index is 8.68. The van der Waals surface area contributed by atoms with E-state index in [0.717, 1.165) is 15.0 Å². The Labute approximate surface area is 63.6 Å². The second-order valence-corrected chi connectivity index (χ2v) is 5.79. The zero-order valence-electron chi connectivity index (χ0n) is 5.26. The van der Waals surface area contributed by atoms with E-state index in [-0.39, 0.29) is 0 Å². The normalized spacial score (nSPS) is 13.9. The molecule has 1 atom stereocenters. The molecule has 3 heteroatoms. The van der Waals surface area contributed by atoms with Crippen molar-refractivity contribution in [1.29, 1.82) is 0 Å². The Kier molecular flexibility index (Phi) is 6.89. The summed E-state index contributed by atoms with van der Waals surface area (Å²) in [6.07, 6.45) is 0. The number of hydrogen-bond donors (Lipinski definition) is 1. The van der Waals surface area contributed by atoms with Gasteiger partial charge in [-0.2, -0.15) is 0 Å². The molecular weight excluding hydrogens is 234 g/mol. The van der Waals surface area contributed by atoms with E-state index in [1.54, 1.807) is 0 Å². The van der Waals surface area contributed by atoms with Crippen LogP contribution in [-0.4, -0.2) is 41.6 Å². The van der Waals surface area contributed by atoms with Gasteiger partial charge >= 0.3 is 63.4 Å². The third kappa shape index (κ3) is 3.94. The molecule has 0 saturated heterocycles. The van der Waals surface area contributed by atoms with Gasteiger partial charge in [-0.15, -0.1) is 0 Å². The van der Waals surface area contributed by atoms with Gasteiger partial charge < -0.3 is 0 Å². The molecule has 0 aromatic carbocycles. The van der Waals surface area contributed by atoms with Crippen LogP contribution >= 0.6 is 0 Å². The van der Waals surface area contributed by atoms with Crippen LogP contribution in [0.1, 0.15) is 0 Å². The van der Waals surface area contributed by atoms with E-state index in [4.69, 9.17) is 5.11 Å². The van der Waals surface area contributed by atoms with E-state index in [0.29, 0.717) is 26.4 Å². The Morgan fingerprint density at radius 2 is 2.12 bits per heavy atom. The quantitative estimate of drug-likeness (QED) is 0.723. The molecule has 0 aliphatic rings. The van der Waals surface area contributed by atoms with Gasteiger partial charge in [0.25, 0.3) is 0 Å². The molecule has 8 heavy (non-hydrogen) atoms. The Bertz CT molecular complexity index is 45.7. The van der Waals surface area contributed by atoms with E-state index in [1.807, 2.05) is 0 Å². The second kappa shape index (κ2) is 6.12. The van der Waals surface area contributed by atoms with Crippen LogP contribution < -0.4 is 0 Å². The molecule has 1 N–H and O–H groups in total. The van der Waals surface area contributed by atoms with E-state index >= 15 is 0 Å². The Balaban J connectivity index is 3.07. The standard InChI is InChI=1S/C5H12OSe2/c1-7-4-5(3-6)8-2/h5-6H,3-4H2,1-2H3. The van der Waals surface area contributed by atoms with Crippen molar-refractivity contribution in [3.63, 3.8) is 0 Å². The van der Waals surface area contributed by atoms with Crippen molar-refractivity contribution in [2.75, 3.05) is 6.61 Å². The zero-order chi connectivity index (χ0) is 6.41. The first kappa shape index (κ1) is 9.00. The van der Waals surface area contributed by atoms with Gasteiger partial charge in [-0.1, -0.05) is 0 Å². The van der Waals surface area contributed by atoms with Crippen molar-refractivity contribution in [3.05, 3.63) is 0 Å². The third-order valence-electron chi connectivity index (χ3n) is 0.890. The molecule has 1 nitrogen and oxygen atoms in total. The van der Waals surface area contributed by atoms with Crippen LogP contribution in [0.4, 0.5) is 0 Å². The first-order valence-corrected chi connectivity index (χ1v) is 8.10. The third-order valence-corrected chi connectivity index (χ3v) is 5.56. The van der Waals surface area contributed by atoms with Gasteiger partial charge in [0.15, 0.2) is 0 Å². The van der Waals surface area contributed by atoms with Gasteiger partial charge in [-0.3, -0.25) is 0 Å². The molecule has 0 aromatic heterocycles. The van der Waals surface area contributed by atoms with Crippen LogP contribution in [-0.2, 0) is 0 Å². The van der Waals surface area contributed by atoms with Crippen molar-refractivity contribution in [2.45, 2.75) is 21.8 Å². The minimum absolute atomic E-state index is 0.409. The minimum atomic E-state index is 0.409. The SMILES string of the molecule is C[Se]CC(CO)[Se]C. The second-order valence-electron chi connectivity index (χ2n) is 1.50. The first-order valence-electron chi connectivity index (χ1n) is 2.47. The molecule has 0 radical (unpaired) electrons. The summed E-state index contributed by atoms with van der Waals surface area (Å²) in [5.74, 6) is 4.42. The van der Waals surface area contributed by atoms with E-state index in [2.05, 4.69) is 11.6 Å². The van der Waals surface area contributed by atoms with Crippen LogP contribution in [0.3, 0.4) is 0 Å². The summed E-state index contributed by atoms with van der Waals surface area (Å²) in [5, 5.41) is 9.95. The molecule has 0 saturated carbocycles. The van der Waals surface area contributed by atoms with Crippen molar-refractivity contribution in [3.8, 4) is 0 Å². The fourth-order valence-electron chi connectivity index (χ4n) is 0.381. The molecule has 0 heterocycles. The van der Waals surface area contributed by atoms with E-state index < -0.39 is 0 Å². The van der Waals surface area contributed by atoms with Crippen LogP contribution in [0, 0.1) is 0 Å². The first-order chi connectivity index (χ1) is 3.85. The summed E-state index contributed by atoms with van der Waals surface area (Å²) in [4.78, 5) is 0.646. The van der Waals surface area contributed by atoms with Crippen LogP contribution in [0.2, 0.25) is 21.8 Å². The Morgan fingerprint density at radius 3 is 2.25 bits per heavy atom. The Morgan fingerprint density at radius 1 is 1.50 bits per heavy atom.